The van der Waals surface area contributed by atoms with Crippen LogP contribution in [0.5, 0.6) is 0 Å². The van der Waals surface area contributed by atoms with Crippen molar-refractivity contribution in [2.45, 2.75) is 18.9 Å². The molecular weight excluding hydrogens is 284 g/mol. The molecule has 3 heterocycles. The molecular formula is C11H14N4O2S2. The molecule has 0 spiro atoms. The van der Waals surface area contributed by atoms with Crippen LogP contribution in [0.1, 0.15) is 12.8 Å². The zero-order chi connectivity index (χ0) is 13.5. The van der Waals surface area contributed by atoms with Gasteiger partial charge in [0.2, 0.25) is 5.95 Å². The lowest BCUT2D eigenvalue weighted by molar-refractivity contribution is 0.559. The van der Waals surface area contributed by atoms with Crippen molar-refractivity contribution in [2.75, 3.05) is 22.6 Å². The Balaban J connectivity index is 1.84. The molecule has 19 heavy (non-hydrogen) atoms. The number of nitrogens with zero attached hydrogens (tertiary/aromatic N) is 2. The van der Waals surface area contributed by atoms with Crippen LogP contribution in [0, 0.1) is 0 Å². The summed E-state index contributed by atoms with van der Waals surface area (Å²) in [5.74, 6) is 1.41. The van der Waals surface area contributed by atoms with E-state index >= 15 is 0 Å². The third-order valence-electron chi connectivity index (χ3n) is 3.24. The van der Waals surface area contributed by atoms with E-state index in [4.69, 9.17) is 5.73 Å². The van der Waals surface area contributed by atoms with Crippen LogP contribution in [0.4, 0.5) is 11.8 Å². The van der Waals surface area contributed by atoms with Crippen molar-refractivity contribution >= 4 is 43.2 Å². The maximum atomic E-state index is 11.4. The SMILES string of the molecule is Nc1nc(NC2CCS(=O)(=O)CC2)c2ccsc2n1. The van der Waals surface area contributed by atoms with Gasteiger partial charge in [-0.1, -0.05) is 0 Å². The predicted octanol–water partition coefficient (Wildman–Crippen LogP) is 1.26. The Morgan fingerprint density at radius 3 is 2.79 bits per heavy atom. The summed E-state index contributed by atoms with van der Waals surface area (Å²) in [5.41, 5.74) is 5.68. The van der Waals surface area contributed by atoms with Crippen molar-refractivity contribution in [3.8, 4) is 0 Å². The highest BCUT2D eigenvalue weighted by Crippen LogP contribution is 2.27. The number of sulfone groups is 1. The lowest BCUT2D eigenvalue weighted by Gasteiger charge is -2.23. The second kappa shape index (κ2) is 4.61. The molecule has 1 saturated heterocycles. The molecule has 1 aliphatic rings. The fraction of sp³-hybridized carbons (Fsp3) is 0.455. The molecule has 3 N–H and O–H groups in total. The Kier molecular flexibility index (Phi) is 3.06. The van der Waals surface area contributed by atoms with E-state index in [2.05, 4.69) is 15.3 Å². The standard InChI is InChI=1S/C11H14N4O2S2/c12-11-14-9(8-1-4-18-10(8)15-11)13-7-2-5-19(16,17)6-3-7/h1,4,7H,2-3,5-6H2,(H3,12,13,14,15). The number of thiophene rings is 1. The Morgan fingerprint density at radius 2 is 2.05 bits per heavy atom. The number of aromatic nitrogens is 2. The molecule has 1 aliphatic heterocycles. The van der Waals surface area contributed by atoms with Gasteiger partial charge in [-0.05, 0) is 24.3 Å². The third kappa shape index (κ3) is 2.64. The van der Waals surface area contributed by atoms with Crippen LogP contribution in [-0.4, -0.2) is 35.9 Å². The number of nitrogens with one attached hydrogen (secondary N) is 1. The Labute approximate surface area is 115 Å². The van der Waals surface area contributed by atoms with Crippen molar-refractivity contribution < 1.29 is 8.42 Å². The number of fused-ring (bicyclic) bond motifs is 1. The smallest absolute Gasteiger partial charge is 0.223 e. The number of nitrogens with two attached hydrogens (primary N) is 1. The summed E-state index contributed by atoms with van der Waals surface area (Å²) in [6.07, 6.45) is 1.22. The summed E-state index contributed by atoms with van der Waals surface area (Å²) >= 11 is 1.51. The van der Waals surface area contributed by atoms with Crippen LogP contribution in [0.3, 0.4) is 0 Å². The number of hydrogen-bond donors (Lipinski definition) is 2. The molecule has 6 nitrogen and oxygen atoms in total. The van der Waals surface area contributed by atoms with Gasteiger partial charge in [0.15, 0.2) is 0 Å². The maximum Gasteiger partial charge on any atom is 0.223 e. The number of rotatable bonds is 2. The lowest BCUT2D eigenvalue weighted by atomic mass is 10.1. The van der Waals surface area contributed by atoms with E-state index in [1.54, 1.807) is 0 Å². The first-order valence-electron chi connectivity index (χ1n) is 6.01. The normalized spacial score (nSPS) is 19.6. The van der Waals surface area contributed by atoms with Gasteiger partial charge in [0, 0.05) is 6.04 Å². The highest BCUT2D eigenvalue weighted by Gasteiger charge is 2.24. The average molecular weight is 298 g/mol. The highest BCUT2D eigenvalue weighted by molar-refractivity contribution is 7.91. The van der Waals surface area contributed by atoms with Gasteiger partial charge < -0.3 is 11.1 Å². The quantitative estimate of drug-likeness (QED) is 0.866. The Morgan fingerprint density at radius 1 is 1.32 bits per heavy atom. The predicted molar refractivity (Wildman–Crippen MR) is 77.1 cm³/mol. The van der Waals surface area contributed by atoms with Crippen LogP contribution in [0.2, 0.25) is 0 Å². The van der Waals surface area contributed by atoms with Gasteiger partial charge in [-0.15, -0.1) is 11.3 Å². The molecule has 1 fully saturated rings. The fourth-order valence-electron chi connectivity index (χ4n) is 2.21. The fourth-order valence-corrected chi connectivity index (χ4v) is 4.47. The summed E-state index contributed by atoms with van der Waals surface area (Å²) in [4.78, 5) is 9.22. The Hall–Kier alpha value is -1.41. The van der Waals surface area contributed by atoms with E-state index < -0.39 is 9.84 Å². The molecule has 0 amide bonds. The van der Waals surface area contributed by atoms with Crippen LogP contribution in [0.25, 0.3) is 10.2 Å². The molecule has 0 bridgehead atoms. The van der Waals surface area contributed by atoms with Crippen molar-refractivity contribution in [2.24, 2.45) is 0 Å². The minimum Gasteiger partial charge on any atom is -0.368 e. The topological polar surface area (TPSA) is 98.0 Å². The summed E-state index contributed by atoms with van der Waals surface area (Å²) in [6.45, 7) is 0. The van der Waals surface area contributed by atoms with Crippen molar-refractivity contribution in [3.05, 3.63) is 11.4 Å². The first kappa shape index (κ1) is 12.6. The number of anilines is 2. The average Bonchev–Trinajstić information content (AvgIpc) is 2.80. The molecule has 0 aromatic carbocycles. The molecule has 3 rings (SSSR count). The zero-order valence-electron chi connectivity index (χ0n) is 10.2. The second-order valence-electron chi connectivity index (χ2n) is 4.64. The first-order chi connectivity index (χ1) is 9.03. The van der Waals surface area contributed by atoms with Crippen molar-refractivity contribution in [3.63, 3.8) is 0 Å². The van der Waals surface area contributed by atoms with Gasteiger partial charge in [-0.25, -0.2) is 13.4 Å². The minimum atomic E-state index is -2.84. The molecule has 0 aliphatic carbocycles. The van der Waals surface area contributed by atoms with E-state index in [1.165, 1.54) is 11.3 Å². The molecule has 2 aromatic heterocycles. The van der Waals surface area contributed by atoms with Gasteiger partial charge in [0.25, 0.3) is 0 Å². The van der Waals surface area contributed by atoms with Crippen LogP contribution >= 0.6 is 11.3 Å². The summed E-state index contributed by atoms with van der Waals surface area (Å²) < 4.78 is 22.8. The second-order valence-corrected chi connectivity index (χ2v) is 7.84. The van der Waals surface area contributed by atoms with E-state index in [-0.39, 0.29) is 23.5 Å². The summed E-state index contributed by atoms with van der Waals surface area (Å²) in [6, 6.07) is 2.07. The molecule has 0 radical (unpaired) electrons. The van der Waals surface area contributed by atoms with E-state index in [9.17, 15) is 8.42 Å². The van der Waals surface area contributed by atoms with Gasteiger partial charge in [0.05, 0.1) is 16.9 Å². The van der Waals surface area contributed by atoms with Gasteiger partial charge >= 0.3 is 0 Å². The molecule has 102 valence electrons. The third-order valence-corrected chi connectivity index (χ3v) is 5.76. The minimum absolute atomic E-state index is 0.126. The van der Waals surface area contributed by atoms with Crippen LogP contribution in [-0.2, 0) is 9.84 Å². The highest BCUT2D eigenvalue weighted by atomic mass is 32.2. The number of nitrogen functional groups attached to an aromatic ring is 1. The summed E-state index contributed by atoms with van der Waals surface area (Å²) in [7, 11) is -2.84. The van der Waals surface area contributed by atoms with Crippen LogP contribution < -0.4 is 11.1 Å². The largest absolute Gasteiger partial charge is 0.368 e. The van der Waals surface area contributed by atoms with Crippen molar-refractivity contribution in [1.82, 2.24) is 9.97 Å². The molecule has 0 unspecified atom stereocenters. The Bertz CT molecular complexity index is 697. The van der Waals surface area contributed by atoms with Crippen molar-refractivity contribution in [1.29, 1.82) is 0 Å². The molecule has 8 heteroatoms. The number of hydrogen-bond acceptors (Lipinski definition) is 7. The van der Waals surface area contributed by atoms with Gasteiger partial charge in [0.1, 0.15) is 20.5 Å². The lowest BCUT2D eigenvalue weighted by Crippen LogP contribution is -2.32. The summed E-state index contributed by atoms with van der Waals surface area (Å²) in [5, 5.41) is 6.18. The first-order valence-corrected chi connectivity index (χ1v) is 8.71. The molecule has 0 saturated carbocycles. The van der Waals surface area contributed by atoms with Gasteiger partial charge in [-0.3, -0.25) is 0 Å². The van der Waals surface area contributed by atoms with E-state index in [1.807, 2.05) is 11.4 Å². The van der Waals surface area contributed by atoms with E-state index in [0.717, 1.165) is 10.2 Å². The molecule has 0 atom stereocenters. The van der Waals surface area contributed by atoms with E-state index in [0.29, 0.717) is 18.7 Å². The zero-order valence-corrected chi connectivity index (χ0v) is 11.8. The maximum absolute atomic E-state index is 11.4. The van der Waals surface area contributed by atoms with Gasteiger partial charge in [-0.2, -0.15) is 4.98 Å². The molecule has 2 aromatic rings. The van der Waals surface area contributed by atoms with Crippen LogP contribution in [0.15, 0.2) is 11.4 Å². The monoisotopic (exact) mass is 298 g/mol.